The average molecular weight is 316 g/mol. The third-order valence-electron chi connectivity index (χ3n) is 3.26. The fourth-order valence-electron chi connectivity index (χ4n) is 2.15. The molecule has 1 amide bonds. The lowest BCUT2D eigenvalue weighted by Crippen LogP contribution is -2.42. The van der Waals surface area contributed by atoms with Crippen molar-refractivity contribution in [3.8, 4) is 11.5 Å². The molecule has 1 unspecified atom stereocenters. The van der Waals surface area contributed by atoms with Gasteiger partial charge >= 0.3 is 5.97 Å². The molecule has 6 heteroatoms. The molecule has 2 aromatic rings. The maximum absolute atomic E-state index is 12.3. The predicted molar refractivity (Wildman–Crippen MR) is 84.7 cm³/mol. The van der Waals surface area contributed by atoms with E-state index in [-0.39, 0.29) is 11.6 Å². The molecule has 0 bridgehead atoms. The van der Waals surface area contributed by atoms with E-state index in [1.165, 1.54) is 13.4 Å². The second-order valence-corrected chi connectivity index (χ2v) is 5.58. The molecule has 6 nitrogen and oxygen atoms in total. The summed E-state index contributed by atoms with van der Waals surface area (Å²) in [5.41, 5.74) is 0.903. The van der Waals surface area contributed by atoms with Crippen molar-refractivity contribution in [2.24, 2.45) is 5.92 Å². The molecule has 2 rings (SSSR count). The van der Waals surface area contributed by atoms with Crippen LogP contribution in [0.1, 0.15) is 30.8 Å². The van der Waals surface area contributed by atoms with Gasteiger partial charge in [-0.3, -0.25) is 4.79 Å². The van der Waals surface area contributed by atoms with Gasteiger partial charge in [0, 0.05) is 5.56 Å². The van der Waals surface area contributed by atoms with E-state index in [1.54, 1.807) is 0 Å². The molecule has 1 aromatic heterocycles. The summed E-state index contributed by atoms with van der Waals surface area (Å²) in [6.07, 6.45) is 1.77. The third-order valence-corrected chi connectivity index (χ3v) is 3.26. The smallest absolute Gasteiger partial charge is 0.328 e. The highest BCUT2D eigenvalue weighted by Gasteiger charge is 2.24. The number of carbonyl (C=O) groups is 2. The van der Waals surface area contributed by atoms with Crippen LogP contribution in [-0.2, 0) is 9.53 Å². The van der Waals surface area contributed by atoms with Gasteiger partial charge in [-0.25, -0.2) is 9.78 Å². The van der Waals surface area contributed by atoms with Crippen LogP contribution < -0.4 is 5.32 Å². The van der Waals surface area contributed by atoms with Crippen molar-refractivity contribution in [3.63, 3.8) is 0 Å². The molecule has 122 valence electrons. The highest BCUT2D eigenvalue weighted by Crippen LogP contribution is 2.18. The first-order valence-corrected chi connectivity index (χ1v) is 7.41. The van der Waals surface area contributed by atoms with Gasteiger partial charge in [0.05, 0.1) is 7.11 Å². The van der Waals surface area contributed by atoms with Crippen LogP contribution in [0, 0.1) is 5.92 Å². The molecule has 23 heavy (non-hydrogen) atoms. The number of oxazole rings is 1. The molecule has 0 radical (unpaired) electrons. The molecule has 0 aliphatic heterocycles. The number of carbonyl (C=O) groups excluding carboxylic acids is 2. The second kappa shape index (κ2) is 7.58. The Morgan fingerprint density at radius 1 is 1.26 bits per heavy atom. The van der Waals surface area contributed by atoms with E-state index in [4.69, 9.17) is 9.15 Å². The van der Waals surface area contributed by atoms with Gasteiger partial charge in [-0.1, -0.05) is 32.0 Å². The number of aromatic nitrogens is 1. The minimum absolute atomic E-state index is 0.126. The number of rotatable bonds is 6. The number of ether oxygens (including phenoxy) is 1. The zero-order chi connectivity index (χ0) is 16.8. The normalized spacial score (nSPS) is 12.0. The number of esters is 1. The molecular formula is C17H20N2O4. The first kappa shape index (κ1) is 16.7. The Bertz CT molecular complexity index is 664. The minimum atomic E-state index is -0.704. The third kappa shape index (κ3) is 4.42. The maximum atomic E-state index is 12.3. The van der Waals surface area contributed by atoms with E-state index in [9.17, 15) is 9.59 Å². The highest BCUT2D eigenvalue weighted by atomic mass is 16.5. The SMILES string of the molecule is COC(=O)C(CC(C)C)NC(=O)c1coc(-c2ccccc2)n1. The summed E-state index contributed by atoms with van der Waals surface area (Å²) in [6.45, 7) is 3.93. The van der Waals surface area contributed by atoms with Crippen LogP contribution in [-0.4, -0.2) is 30.0 Å². The van der Waals surface area contributed by atoms with E-state index in [0.29, 0.717) is 12.3 Å². The molecule has 1 aromatic carbocycles. The Morgan fingerprint density at radius 3 is 2.57 bits per heavy atom. The van der Waals surface area contributed by atoms with E-state index in [2.05, 4.69) is 10.3 Å². The second-order valence-electron chi connectivity index (χ2n) is 5.58. The van der Waals surface area contributed by atoms with Crippen molar-refractivity contribution in [2.45, 2.75) is 26.3 Å². The predicted octanol–water partition coefficient (Wildman–Crippen LogP) is 2.66. The summed E-state index contributed by atoms with van der Waals surface area (Å²) in [7, 11) is 1.30. The van der Waals surface area contributed by atoms with Crippen LogP contribution in [0.4, 0.5) is 0 Å². The average Bonchev–Trinajstić information content (AvgIpc) is 3.04. The number of benzene rings is 1. The first-order chi connectivity index (χ1) is 11.0. The fourth-order valence-corrected chi connectivity index (χ4v) is 2.15. The summed E-state index contributed by atoms with van der Waals surface area (Å²) < 4.78 is 10.1. The van der Waals surface area contributed by atoms with E-state index in [0.717, 1.165) is 5.56 Å². The van der Waals surface area contributed by atoms with Gasteiger partial charge in [-0.05, 0) is 24.5 Å². The molecule has 0 aliphatic carbocycles. The summed E-state index contributed by atoms with van der Waals surface area (Å²) in [4.78, 5) is 28.2. The van der Waals surface area contributed by atoms with Gasteiger partial charge in [0.25, 0.3) is 5.91 Å². The zero-order valence-corrected chi connectivity index (χ0v) is 13.4. The lowest BCUT2D eigenvalue weighted by atomic mass is 10.0. The Labute approximate surface area is 134 Å². The summed E-state index contributed by atoms with van der Waals surface area (Å²) in [5.74, 6) is -0.350. The van der Waals surface area contributed by atoms with Crippen LogP contribution in [0.5, 0.6) is 0 Å². The van der Waals surface area contributed by atoms with Gasteiger partial charge < -0.3 is 14.5 Å². The number of hydrogen-bond donors (Lipinski definition) is 1. The Hall–Kier alpha value is -2.63. The van der Waals surface area contributed by atoms with E-state index in [1.807, 2.05) is 44.2 Å². The minimum Gasteiger partial charge on any atom is -0.467 e. The standard InChI is InChI=1S/C17H20N2O4/c1-11(2)9-13(17(21)22-3)18-15(20)14-10-23-16(19-14)12-7-5-4-6-8-12/h4-8,10-11,13H,9H2,1-3H3,(H,18,20). The molecular weight excluding hydrogens is 296 g/mol. The lowest BCUT2D eigenvalue weighted by molar-refractivity contribution is -0.143. The molecule has 0 saturated carbocycles. The fraction of sp³-hybridized carbons (Fsp3) is 0.353. The molecule has 1 heterocycles. The topological polar surface area (TPSA) is 81.4 Å². The van der Waals surface area contributed by atoms with E-state index >= 15 is 0 Å². The van der Waals surface area contributed by atoms with Crippen molar-refractivity contribution in [3.05, 3.63) is 42.3 Å². The maximum Gasteiger partial charge on any atom is 0.328 e. The summed E-state index contributed by atoms with van der Waals surface area (Å²) in [6, 6.07) is 8.56. The number of nitrogens with zero attached hydrogens (tertiary/aromatic N) is 1. The van der Waals surface area contributed by atoms with Crippen molar-refractivity contribution >= 4 is 11.9 Å². The number of nitrogens with one attached hydrogen (secondary N) is 1. The molecule has 0 aliphatic rings. The molecule has 1 N–H and O–H groups in total. The Balaban J connectivity index is 2.11. The van der Waals surface area contributed by atoms with Crippen molar-refractivity contribution in [2.75, 3.05) is 7.11 Å². The van der Waals surface area contributed by atoms with Gasteiger partial charge in [0.2, 0.25) is 5.89 Å². The monoisotopic (exact) mass is 316 g/mol. The van der Waals surface area contributed by atoms with E-state index < -0.39 is 17.9 Å². The van der Waals surface area contributed by atoms with Crippen LogP contribution in [0.15, 0.2) is 41.0 Å². The summed E-state index contributed by atoms with van der Waals surface area (Å²) in [5, 5.41) is 2.64. The van der Waals surface area contributed by atoms with Crippen LogP contribution in [0.2, 0.25) is 0 Å². The van der Waals surface area contributed by atoms with Crippen molar-refractivity contribution < 1.29 is 18.7 Å². The molecule has 0 fully saturated rings. The molecule has 0 saturated heterocycles. The van der Waals surface area contributed by atoms with Crippen LogP contribution >= 0.6 is 0 Å². The number of hydrogen-bond acceptors (Lipinski definition) is 5. The quantitative estimate of drug-likeness (QED) is 0.829. The van der Waals surface area contributed by atoms with Crippen molar-refractivity contribution in [1.29, 1.82) is 0 Å². The molecule has 1 atom stereocenters. The van der Waals surface area contributed by atoms with Gasteiger partial charge in [-0.2, -0.15) is 0 Å². The first-order valence-electron chi connectivity index (χ1n) is 7.41. The number of amides is 1. The summed E-state index contributed by atoms with van der Waals surface area (Å²) >= 11 is 0. The van der Waals surface area contributed by atoms with Crippen LogP contribution in [0.25, 0.3) is 11.5 Å². The lowest BCUT2D eigenvalue weighted by Gasteiger charge is -2.17. The zero-order valence-electron chi connectivity index (χ0n) is 13.4. The Morgan fingerprint density at radius 2 is 1.96 bits per heavy atom. The van der Waals surface area contributed by atoms with Crippen molar-refractivity contribution in [1.82, 2.24) is 10.3 Å². The number of methoxy groups -OCH3 is 1. The molecule has 0 spiro atoms. The Kier molecular flexibility index (Phi) is 5.51. The highest BCUT2D eigenvalue weighted by molar-refractivity contribution is 5.95. The van der Waals surface area contributed by atoms with Gasteiger partial charge in [-0.15, -0.1) is 0 Å². The largest absolute Gasteiger partial charge is 0.467 e. The van der Waals surface area contributed by atoms with Crippen LogP contribution in [0.3, 0.4) is 0 Å². The van der Waals surface area contributed by atoms with Gasteiger partial charge in [0.1, 0.15) is 12.3 Å². The van der Waals surface area contributed by atoms with Gasteiger partial charge in [0.15, 0.2) is 5.69 Å².